The van der Waals surface area contributed by atoms with Crippen molar-refractivity contribution in [1.29, 1.82) is 0 Å². The van der Waals surface area contributed by atoms with E-state index in [1.165, 1.54) is 61.4 Å². The van der Waals surface area contributed by atoms with E-state index in [1.807, 2.05) is 12.1 Å². The van der Waals surface area contributed by atoms with Crippen LogP contribution in [0.25, 0.3) is 43.6 Å². The Morgan fingerprint density at radius 2 is 0.846 bits per heavy atom. The molecule has 2 aromatic heterocycles. The summed E-state index contributed by atoms with van der Waals surface area (Å²) in [5.74, 6) is 0. The number of nitro groups is 1. The number of aromatic nitrogens is 2. The number of non-ortho nitro benzene ring substituents is 1. The summed E-state index contributed by atoms with van der Waals surface area (Å²) in [6, 6.07) is 49.2. The van der Waals surface area contributed by atoms with Gasteiger partial charge in [0.25, 0.3) is 5.69 Å². The minimum atomic E-state index is -0.416. The van der Waals surface area contributed by atoms with E-state index in [4.69, 9.17) is 0 Å². The topological polar surface area (TPSA) is 81.0 Å². The summed E-state index contributed by atoms with van der Waals surface area (Å²) in [5, 5.41) is 24.9. The second-order valence-electron chi connectivity index (χ2n) is 13.3. The third-order valence-electron chi connectivity index (χ3n) is 10.0. The van der Waals surface area contributed by atoms with Crippen molar-refractivity contribution in [2.45, 2.75) is 38.8 Å². The summed E-state index contributed by atoms with van der Waals surface area (Å²) in [7, 11) is 0. The van der Waals surface area contributed by atoms with E-state index in [-0.39, 0.29) is 5.69 Å². The van der Waals surface area contributed by atoms with Crippen LogP contribution < -0.4 is 4.90 Å². The zero-order valence-electron chi connectivity index (χ0n) is 29.0. The molecule has 0 spiro atoms. The molecule has 0 N–H and O–H groups in total. The van der Waals surface area contributed by atoms with Crippen LogP contribution in [-0.2, 0) is 13.1 Å². The molecule has 0 saturated heterocycles. The summed E-state index contributed by atoms with van der Waals surface area (Å²) in [5.41, 5.74) is 7.69. The van der Waals surface area contributed by atoms with Crippen LogP contribution in [-0.4, -0.2) is 27.1 Å². The number of benzene rings is 6. The lowest BCUT2D eigenvalue weighted by Crippen LogP contribution is -2.26. The Labute approximate surface area is 302 Å². The van der Waals surface area contributed by atoms with Gasteiger partial charge in [0.15, 0.2) is 0 Å². The highest BCUT2D eigenvalue weighted by Crippen LogP contribution is 2.31. The highest BCUT2D eigenvalue weighted by atomic mass is 16.6. The van der Waals surface area contributed by atoms with Crippen molar-refractivity contribution in [1.82, 2.24) is 9.13 Å². The first-order valence-electron chi connectivity index (χ1n) is 18.1. The minimum absolute atomic E-state index is 0.0357. The summed E-state index contributed by atoms with van der Waals surface area (Å²) >= 11 is 0. The van der Waals surface area contributed by atoms with Gasteiger partial charge in [0, 0.05) is 87.6 Å². The molecule has 0 saturated carbocycles. The summed E-state index contributed by atoms with van der Waals surface area (Å²) in [6.45, 7) is 3.85. The highest BCUT2D eigenvalue weighted by molar-refractivity contribution is 6.08. The number of anilines is 1. The number of unbranched alkanes of at least 4 members (excludes halogenated alkanes) is 2. The fourth-order valence-electron chi connectivity index (χ4n) is 7.49. The van der Waals surface area contributed by atoms with Crippen LogP contribution in [0.1, 0.15) is 25.7 Å². The van der Waals surface area contributed by atoms with Gasteiger partial charge in [-0.15, -0.1) is 0 Å². The van der Waals surface area contributed by atoms with Gasteiger partial charge < -0.3 is 14.0 Å². The molecule has 8 rings (SSSR count). The number of para-hydroxylation sites is 4. The molecule has 0 aliphatic heterocycles. The lowest BCUT2D eigenvalue weighted by Gasteiger charge is -2.25. The molecule has 8 heteroatoms. The Morgan fingerprint density at radius 3 is 1.23 bits per heavy atom. The van der Waals surface area contributed by atoms with Crippen molar-refractivity contribution < 1.29 is 4.92 Å². The molecule has 0 unspecified atom stereocenters. The maximum Gasteiger partial charge on any atom is 0.269 e. The maximum atomic E-state index is 11.0. The normalized spacial score (nSPS) is 11.8. The van der Waals surface area contributed by atoms with Gasteiger partial charge in [0.05, 0.1) is 16.3 Å². The molecule has 0 aliphatic carbocycles. The molecule has 2 heterocycles. The second kappa shape index (κ2) is 14.9. The van der Waals surface area contributed by atoms with Crippen molar-refractivity contribution in [3.63, 3.8) is 0 Å². The summed E-state index contributed by atoms with van der Waals surface area (Å²) < 4.78 is 4.96. The molecule has 6 aromatic carbocycles. The summed E-state index contributed by atoms with van der Waals surface area (Å²) in [4.78, 5) is 13.1. The Hall–Kier alpha value is -6.28. The van der Waals surface area contributed by atoms with Crippen LogP contribution >= 0.6 is 0 Å². The Kier molecular flexibility index (Phi) is 9.43. The molecule has 0 radical (unpaired) electrons. The van der Waals surface area contributed by atoms with Crippen molar-refractivity contribution in [2.24, 2.45) is 10.2 Å². The van der Waals surface area contributed by atoms with Gasteiger partial charge in [-0.3, -0.25) is 10.1 Å². The Bertz CT molecular complexity index is 2290. The SMILES string of the molecule is O=[N+]([O-])c1ccc(N=Nc2ccc(N(CCCCn3c4ccccc4c4ccccc43)CCCCn3c4ccccc4c4ccccc43)cc2)cc1. The van der Waals surface area contributed by atoms with Crippen molar-refractivity contribution >= 4 is 66.4 Å². The number of hydrogen-bond donors (Lipinski definition) is 0. The lowest BCUT2D eigenvalue weighted by molar-refractivity contribution is -0.384. The smallest absolute Gasteiger partial charge is 0.269 e. The molecule has 8 aromatic rings. The lowest BCUT2D eigenvalue weighted by atomic mass is 10.2. The molecule has 258 valence electrons. The van der Waals surface area contributed by atoms with E-state index in [2.05, 4.69) is 133 Å². The highest BCUT2D eigenvalue weighted by Gasteiger charge is 2.13. The zero-order valence-corrected chi connectivity index (χ0v) is 29.0. The number of nitro benzene ring substituents is 1. The van der Waals surface area contributed by atoms with Gasteiger partial charge in [-0.05, 0) is 86.3 Å². The minimum Gasteiger partial charge on any atom is -0.372 e. The molecular weight excluding hydrogens is 645 g/mol. The van der Waals surface area contributed by atoms with Crippen molar-refractivity contribution in [3.05, 3.63) is 156 Å². The third kappa shape index (κ3) is 6.75. The number of nitrogens with zero attached hydrogens (tertiary/aromatic N) is 6. The van der Waals surface area contributed by atoms with Gasteiger partial charge in [-0.2, -0.15) is 10.2 Å². The van der Waals surface area contributed by atoms with E-state index in [0.717, 1.165) is 57.5 Å². The van der Waals surface area contributed by atoms with Gasteiger partial charge in [0.2, 0.25) is 0 Å². The molecule has 52 heavy (non-hydrogen) atoms. The quantitative estimate of drug-likeness (QED) is 0.0495. The van der Waals surface area contributed by atoms with Gasteiger partial charge >= 0.3 is 0 Å². The molecule has 8 nitrogen and oxygen atoms in total. The maximum absolute atomic E-state index is 11.0. The molecular formula is C44H40N6O2. The van der Waals surface area contributed by atoms with Crippen LogP contribution in [0.4, 0.5) is 22.7 Å². The standard InChI is InChI=1S/C44H40N6O2/c51-50(52)36-27-23-34(24-28-36)46-45-33-21-25-35(26-22-33)47(29-9-11-31-48-41-17-5-1-13-37(41)38-14-2-6-18-42(38)48)30-10-12-32-49-43-19-7-3-15-39(43)40-16-4-8-20-44(40)49/h1-8,13-28H,9-12,29-32H2. The first-order valence-corrected chi connectivity index (χ1v) is 18.1. The van der Waals surface area contributed by atoms with Crippen LogP contribution in [0.5, 0.6) is 0 Å². The average molecular weight is 685 g/mol. The predicted octanol–water partition coefficient (Wildman–Crippen LogP) is 12.0. The zero-order chi connectivity index (χ0) is 35.3. The number of hydrogen-bond acceptors (Lipinski definition) is 5. The second-order valence-corrected chi connectivity index (χ2v) is 13.3. The Balaban J connectivity index is 0.965. The molecule has 0 aliphatic rings. The van der Waals surface area contributed by atoms with Crippen LogP contribution in [0.2, 0.25) is 0 Å². The predicted molar refractivity (Wildman–Crippen MR) is 213 cm³/mol. The van der Waals surface area contributed by atoms with Crippen LogP contribution in [0.3, 0.4) is 0 Å². The number of azo groups is 1. The third-order valence-corrected chi connectivity index (χ3v) is 10.0. The first-order chi connectivity index (χ1) is 25.6. The molecule has 0 fully saturated rings. The monoisotopic (exact) mass is 684 g/mol. The van der Waals surface area contributed by atoms with Gasteiger partial charge in [-0.1, -0.05) is 72.8 Å². The van der Waals surface area contributed by atoms with Gasteiger partial charge in [-0.25, -0.2) is 0 Å². The number of rotatable bonds is 14. The molecule has 0 amide bonds. The van der Waals surface area contributed by atoms with Crippen LogP contribution in [0, 0.1) is 10.1 Å². The number of aryl methyl sites for hydroxylation is 2. The van der Waals surface area contributed by atoms with Crippen molar-refractivity contribution in [2.75, 3.05) is 18.0 Å². The largest absolute Gasteiger partial charge is 0.372 e. The fraction of sp³-hybridized carbons (Fsp3) is 0.182. The average Bonchev–Trinajstić information content (AvgIpc) is 3.69. The first kappa shape index (κ1) is 32.9. The van der Waals surface area contributed by atoms with Gasteiger partial charge in [0.1, 0.15) is 0 Å². The van der Waals surface area contributed by atoms with E-state index in [0.29, 0.717) is 5.69 Å². The Morgan fingerprint density at radius 1 is 0.481 bits per heavy atom. The van der Waals surface area contributed by atoms with Crippen molar-refractivity contribution in [3.8, 4) is 0 Å². The summed E-state index contributed by atoms with van der Waals surface area (Å²) in [6.07, 6.45) is 4.27. The van der Waals surface area contributed by atoms with Crippen LogP contribution in [0.15, 0.2) is 156 Å². The number of fused-ring (bicyclic) bond motifs is 6. The fourth-order valence-corrected chi connectivity index (χ4v) is 7.49. The molecule has 0 bridgehead atoms. The van der Waals surface area contributed by atoms with E-state index in [9.17, 15) is 10.1 Å². The van der Waals surface area contributed by atoms with E-state index >= 15 is 0 Å². The molecule has 0 atom stereocenters. The van der Waals surface area contributed by atoms with E-state index in [1.54, 1.807) is 12.1 Å². The van der Waals surface area contributed by atoms with E-state index < -0.39 is 4.92 Å².